The number of likely N-dealkylation sites (tertiary alicyclic amines) is 1. The van der Waals surface area contributed by atoms with Crippen LogP contribution < -0.4 is 10.2 Å². The van der Waals surface area contributed by atoms with Gasteiger partial charge in [-0.2, -0.15) is 0 Å². The summed E-state index contributed by atoms with van der Waals surface area (Å²) in [5.41, 5.74) is 0. The van der Waals surface area contributed by atoms with E-state index in [1.807, 2.05) is 0 Å². The molecule has 1 fully saturated rings. The Hall–Kier alpha value is -1.36. The van der Waals surface area contributed by atoms with Gasteiger partial charge in [0.15, 0.2) is 0 Å². The lowest BCUT2D eigenvalue weighted by Gasteiger charge is -2.31. The first-order valence-electron chi connectivity index (χ1n) is 5.91. The van der Waals surface area contributed by atoms with Crippen molar-refractivity contribution in [3.05, 3.63) is 12.2 Å². The Kier molecular flexibility index (Phi) is 7.21. The molecule has 17 heavy (non-hydrogen) atoms. The first kappa shape index (κ1) is 15.6. The molecule has 0 amide bonds. The predicted molar refractivity (Wildman–Crippen MR) is 60.6 cm³/mol. The standard InChI is InChI=1S/C8H18N.C4H4O4/c1-3-9(4-2)7-5-6-8-9;5-3(6)1-2-4(7)8/h3-8H2,1-2H3;1-2H,(H,5,6)(H,7,8)/q+1;/p-1/b;2-1-. The number of hydrogen-bond donors (Lipinski definition) is 0. The number of quaternary nitrogens is 1. The molecule has 5 nitrogen and oxygen atoms in total. The van der Waals surface area contributed by atoms with Gasteiger partial charge in [-0.05, 0) is 26.0 Å². The van der Waals surface area contributed by atoms with Gasteiger partial charge in [-0.1, -0.05) is 0 Å². The zero-order valence-electron chi connectivity index (χ0n) is 11.5. The lowest BCUT2D eigenvalue weighted by molar-refractivity contribution is -0.913. The third-order valence-electron chi connectivity index (χ3n) is 3.21. The van der Waals surface area contributed by atoms with Crippen LogP contribution in [0.5, 0.6) is 0 Å². The Morgan fingerprint density at radius 1 is 1.06 bits per heavy atom. The average Bonchev–Trinajstić information content (AvgIpc) is 2.76. The van der Waals surface area contributed by atoms with Crippen LogP contribution in [0.3, 0.4) is 0 Å². The second kappa shape index (κ2) is 7.84. The fourth-order valence-corrected chi connectivity index (χ4v) is 2.00. The maximum Gasteiger partial charge on any atom is 1.00 e. The molecule has 1 heterocycles. The van der Waals surface area contributed by atoms with E-state index in [4.69, 9.17) is 0 Å². The second-order valence-corrected chi connectivity index (χ2v) is 4.10. The van der Waals surface area contributed by atoms with Crippen LogP contribution in [0.15, 0.2) is 12.2 Å². The molecular formula is C12H21NO4. The molecule has 1 rings (SSSR count). The fourth-order valence-electron chi connectivity index (χ4n) is 2.00. The van der Waals surface area contributed by atoms with Gasteiger partial charge in [-0.15, -0.1) is 0 Å². The van der Waals surface area contributed by atoms with Crippen molar-refractivity contribution >= 4 is 11.9 Å². The van der Waals surface area contributed by atoms with Crippen molar-refractivity contribution in [2.24, 2.45) is 0 Å². The van der Waals surface area contributed by atoms with Gasteiger partial charge in [0.05, 0.1) is 38.1 Å². The van der Waals surface area contributed by atoms with E-state index in [9.17, 15) is 19.8 Å². The number of carbonyl (C=O) groups is 2. The van der Waals surface area contributed by atoms with Crippen molar-refractivity contribution < 1.29 is 25.7 Å². The molecule has 98 valence electrons. The van der Waals surface area contributed by atoms with Gasteiger partial charge in [0.2, 0.25) is 0 Å². The Bertz CT molecular complexity index is 264. The molecule has 1 aliphatic heterocycles. The van der Waals surface area contributed by atoms with E-state index in [1.165, 1.54) is 43.5 Å². The van der Waals surface area contributed by atoms with E-state index in [-0.39, 0.29) is 1.43 Å². The monoisotopic (exact) mass is 243 g/mol. The van der Waals surface area contributed by atoms with Gasteiger partial charge in [0, 0.05) is 12.8 Å². The fraction of sp³-hybridized carbons (Fsp3) is 0.667. The maximum atomic E-state index is 9.41. The number of carboxylic acids is 2. The predicted octanol–water partition coefficient (Wildman–Crippen LogP) is -1.21. The zero-order chi connectivity index (χ0) is 13.3. The third-order valence-corrected chi connectivity index (χ3v) is 3.21. The van der Waals surface area contributed by atoms with E-state index < -0.39 is 11.9 Å². The van der Waals surface area contributed by atoms with Crippen LogP contribution in [0.25, 0.3) is 0 Å². The summed E-state index contributed by atoms with van der Waals surface area (Å²) in [6.45, 7) is 10.2. The second-order valence-electron chi connectivity index (χ2n) is 4.10. The molecule has 1 saturated heterocycles. The molecule has 0 aromatic rings. The zero-order valence-corrected chi connectivity index (χ0v) is 10.5. The number of aliphatic carboxylic acids is 2. The van der Waals surface area contributed by atoms with Crippen LogP contribution >= 0.6 is 0 Å². The van der Waals surface area contributed by atoms with Gasteiger partial charge in [-0.25, -0.2) is 0 Å². The van der Waals surface area contributed by atoms with Crippen molar-refractivity contribution in [3.63, 3.8) is 0 Å². The summed E-state index contributed by atoms with van der Waals surface area (Å²) in [4.78, 5) is 18.8. The van der Waals surface area contributed by atoms with Crippen molar-refractivity contribution in [2.75, 3.05) is 26.2 Å². The van der Waals surface area contributed by atoms with E-state index in [1.54, 1.807) is 0 Å². The SMILES string of the molecule is CC[N+]1(CC)CCCC1.O=C([O-])/C=C\C(=O)[O-].[H+]. The molecule has 0 N–H and O–H groups in total. The number of nitrogens with zero attached hydrogens (tertiary/aromatic N) is 1. The molecule has 0 aromatic carbocycles. The average molecular weight is 243 g/mol. The van der Waals surface area contributed by atoms with E-state index in [2.05, 4.69) is 13.8 Å². The molecule has 0 atom stereocenters. The molecule has 0 aliphatic carbocycles. The highest BCUT2D eigenvalue weighted by Gasteiger charge is 2.27. The molecule has 0 radical (unpaired) electrons. The van der Waals surface area contributed by atoms with Crippen molar-refractivity contribution in [1.82, 2.24) is 0 Å². The van der Waals surface area contributed by atoms with Crippen molar-refractivity contribution in [3.8, 4) is 0 Å². The normalized spacial score (nSPS) is 17.5. The lowest BCUT2D eigenvalue weighted by atomic mass is 10.4. The minimum atomic E-state index is -1.55. The van der Waals surface area contributed by atoms with E-state index >= 15 is 0 Å². The molecule has 0 saturated carbocycles. The van der Waals surface area contributed by atoms with Crippen LogP contribution in [0, 0.1) is 0 Å². The van der Waals surface area contributed by atoms with Crippen LogP contribution in [0.4, 0.5) is 0 Å². The van der Waals surface area contributed by atoms with Crippen LogP contribution in [0.2, 0.25) is 0 Å². The molecular weight excluding hydrogens is 222 g/mol. The molecule has 0 aromatic heterocycles. The van der Waals surface area contributed by atoms with E-state index in [0.29, 0.717) is 12.2 Å². The highest BCUT2D eigenvalue weighted by Crippen LogP contribution is 2.17. The van der Waals surface area contributed by atoms with Crippen molar-refractivity contribution in [1.29, 1.82) is 0 Å². The topological polar surface area (TPSA) is 80.3 Å². The highest BCUT2D eigenvalue weighted by atomic mass is 16.4. The summed E-state index contributed by atoms with van der Waals surface area (Å²) < 4.78 is 1.39. The quantitative estimate of drug-likeness (QED) is 0.458. The number of carbonyl (C=O) groups excluding carboxylic acids is 2. The van der Waals surface area contributed by atoms with Crippen LogP contribution in [0.1, 0.15) is 28.1 Å². The molecule has 1 aliphatic rings. The Labute approximate surface area is 103 Å². The summed E-state index contributed by atoms with van der Waals surface area (Å²) in [5, 5.41) is 18.8. The summed E-state index contributed by atoms with van der Waals surface area (Å²) in [6.07, 6.45) is 3.69. The Morgan fingerprint density at radius 2 is 1.41 bits per heavy atom. The van der Waals surface area contributed by atoms with E-state index in [0.717, 1.165) is 0 Å². The third kappa shape index (κ3) is 6.73. The molecule has 0 spiro atoms. The lowest BCUT2D eigenvalue weighted by Crippen LogP contribution is -2.44. The van der Waals surface area contributed by atoms with Crippen LogP contribution in [-0.4, -0.2) is 42.6 Å². The number of carboxylic acid groups (broad SMARTS) is 2. The van der Waals surface area contributed by atoms with Crippen molar-refractivity contribution in [2.45, 2.75) is 26.7 Å². The minimum Gasteiger partial charge on any atom is -0.545 e. The van der Waals surface area contributed by atoms with Gasteiger partial charge in [0.25, 0.3) is 0 Å². The molecule has 0 bridgehead atoms. The largest absolute Gasteiger partial charge is 1.00 e. The summed E-state index contributed by atoms with van der Waals surface area (Å²) in [5.74, 6) is -3.09. The number of rotatable bonds is 4. The highest BCUT2D eigenvalue weighted by molar-refractivity contribution is 5.87. The Balaban J connectivity index is 0. The number of hydrogen-bond acceptors (Lipinski definition) is 4. The minimum absolute atomic E-state index is 0. The summed E-state index contributed by atoms with van der Waals surface area (Å²) >= 11 is 0. The molecule has 5 heteroatoms. The first-order chi connectivity index (χ1) is 7.95. The van der Waals surface area contributed by atoms with Gasteiger partial charge in [-0.3, -0.25) is 0 Å². The Morgan fingerprint density at radius 3 is 1.59 bits per heavy atom. The van der Waals surface area contributed by atoms with Crippen LogP contribution in [-0.2, 0) is 9.59 Å². The smallest absolute Gasteiger partial charge is 0.545 e. The summed E-state index contributed by atoms with van der Waals surface area (Å²) in [7, 11) is 0. The summed E-state index contributed by atoms with van der Waals surface area (Å²) in [6, 6.07) is 0. The van der Waals surface area contributed by atoms with Gasteiger partial charge < -0.3 is 24.3 Å². The molecule has 0 unspecified atom stereocenters. The first-order valence-corrected chi connectivity index (χ1v) is 5.91. The van der Waals surface area contributed by atoms with Gasteiger partial charge in [0.1, 0.15) is 0 Å². The maximum absolute atomic E-state index is 9.41. The van der Waals surface area contributed by atoms with Gasteiger partial charge >= 0.3 is 1.43 Å².